The number of aromatic nitrogens is 3. The molecule has 0 aliphatic rings. The maximum atomic E-state index is 5.78. The van der Waals surface area contributed by atoms with E-state index in [1.807, 2.05) is 48.0 Å². The molecule has 1 N–H and O–H groups in total. The summed E-state index contributed by atoms with van der Waals surface area (Å²) in [6, 6.07) is 9.61. The van der Waals surface area contributed by atoms with Crippen molar-refractivity contribution in [1.29, 1.82) is 0 Å². The fraction of sp³-hybridized carbons (Fsp3) is 0.0769. The van der Waals surface area contributed by atoms with Gasteiger partial charge >= 0.3 is 0 Å². The molecule has 0 bridgehead atoms. The molecular weight excluding hydrogens is 228 g/mol. The Morgan fingerprint density at radius 1 is 1.17 bits per heavy atom. The summed E-state index contributed by atoms with van der Waals surface area (Å²) in [6.07, 6.45) is 5.21. The molecule has 90 valence electrons. The van der Waals surface area contributed by atoms with Crippen LogP contribution < -0.4 is 10.1 Å². The van der Waals surface area contributed by atoms with E-state index < -0.39 is 0 Å². The lowest BCUT2D eigenvalue weighted by Crippen LogP contribution is -1.97. The molecule has 0 aliphatic heterocycles. The molecule has 0 fully saturated rings. The second kappa shape index (κ2) is 4.37. The minimum Gasteiger partial charge on any atom is -0.439 e. The Bertz CT molecular complexity index is 663. The first-order valence-corrected chi connectivity index (χ1v) is 5.61. The van der Waals surface area contributed by atoms with Crippen LogP contribution in [0, 0.1) is 0 Å². The maximum Gasteiger partial charge on any atom is 0.224 e. The summed E-state index contributed by atoms with van der Waals surface area (Å²) in [5.74, 6) is 2.16. The molecular formula is C13H12N4O. The van der Waals surface area contributed by atoms with Crippen LogP contribution in [0.4, 0.5) is 5.82 Å². The van der Waals surface area contributed by atoms with Crippen molar-refractivity contribution in [3.8, 4) is 11.6 Å². The van der Waals surface area contributed by atoms with Crippen molar-refractivity contribution in [3.05, 3.63) is 48.9 Å². The molecule has 0 aliphatic carbocycles. The molecule has 0 saturated carbocycles. The quantitative estimate of drug-likeness (QED) is 0.764. The van der Waals surface area contributed by atoms with E-state index >= 15 is 0 Å². The zero-order valence-electron chi connectivity index (χ0n) is 9.87. The molecule has 1 aromatic carbocycles. The first-order chi connectivity index (χ1) is 8.88. The van der Waals surface area contributed by atoms with Crippen LogP contribution in [0.2, 0.25) is 0 Å². The number of nitrogens with one attached hydrogen (secondary N) is 1. The van der Waals surface area contributed by atoms with Crippen LogP contribution in [0.1, 0.15) is 0 Å². The standard InChI is InChI=1S/C13H12N4O/c1-14-12-13-16-9-11(17(13)8-7-15-12)18-10-5-3-2-4-6-10/h2-9H,1H3,(H,14,15). The SMILES string of the molecule is CNc1nccn2c(Oc3ccccc3)cnc12. The number of hydrogen-bond donors (Lipinski definition) is 1. The van der Waals surface area contributed by atoms with E-state index in [1.54, 1.807) is 12.4 Å². The molecule has 0 atom stereocenters. The van der Waals surface area contributed by atoms with Gasteiger partial charge in [-0.1, -0.05) is 18.2 Å². The molecule has 0 unspecified atom stereocenters. The number of benzene rings is 1. The van der Waals surface area contributed by atoms with Crippen LogP contribution in [-0.4, -0.2) is 21.4 Å². The average Bonchev–Trinajstić information content (AvgIpc) is 2.83. The van der Waals surface area contributed by atoms with Gasteiger partial charge in [-0.25, -0.2) is 9.97 Å². The van der Waals surface area contributed by atoms with Crippen molar-refractivity contribution in [2.45, 2.75) is 0 Å². The largest absolute Gasteiger partial charge is 0.439 e. The van der Waals surface area contributed by atoms with Gasteiger partial charge in [-0.3, -0.25) is 4.40 Å². The van der Waals surface area contributed by atoms with Crippen LogP contribution in [-0.2, 0) is 0 Å². The van der Waals surface area contributed by atoms with E-state index in [-0.39, 0.29) is 0 Å². The van der Waals surface area contributed by atoms with Crippen molar-refractivity contribution in [1.82, 2.24) is 14.4 Å². The van der Waals surface area contributed by atoms with E-state index in [0.29, 0.717) is 5.88 Å². The van der Waals surface area contributed by atoms with Crippen molar-refractivity contribution in [2.24, 2.45) is 0 Å². The lowest BCUT2D eigenvalue weighted by atomic mass is 10.3. The van der Waals surface area contributed by atoms with Crippen molar-refractivity contribution >= 4 is 11.5 Å². The van der Waals surface area contributed by atoms with Gasteiger partial charge in [0.15, 0.2) is 11.5 Å². The molecule has 2 heterocycles. The van der Waals surface area contributed by atoms with Crippen LogP contribution in [0.15, 0.2) is 48.9 Å². The summed E-state index contributed by atoms with van der Waals surface area (Å²) in [6.45, 7) is 0. The number of rotatable bonds is 3. The number of fused-ring (bicyclic) bond motifs is 1. The first kappa shape index (κ1) is 10.6. The summed E-state index contributed by atoms with van der Waals surface area (Å²) in [5, 5.41) is 3.00. The number of hydrogen-bond acceptors (Lipinski definition) is 4. The summed E-state index contributed by atoms with van der Waals surface area (Å²) in [7, 11) is 1.81. The summed E-state index contributed by atoms with van der Waals surface area (Å²) >= 11 is 0. The van der Waals surface area contributed by atoms with E-state index in [4.69, 9.17) is 4.74 Å². The first-order valence-electron chi connectivity index (χ1n) is 5.61. The van der Waals surface area contributed by atoms with Crippen molar-refractivity contribution in [2.75, 3.05) is 12.4 Å². The fourth-order valence-corrected chi connectivity index (χ4v) is 1.76. The monoisotopic (exact) mass is 240 g/mol. The highest BCUT2D eigenvalue weighted by Gasteiger charge is 2.08. The summed E-state index contributed by atoms with van der Waals surface area (Å²) in [5.41, 5.74) is 0.742. The van der Waals surface area contributed by atoms with Crippen molar-refractivity contribution in [3.63, 3.8) is 0 Å². The van der Waals surface area contributed by atoms with Gasteiger partial charge < -0.3 is 10.1 Å². The molecule has 18 heavy (non-hydrogen) atoms. The Balaban J connectivity index is 2.03. The number of imidazole rings is 1. The Labute approximate surface area is 104 Å². The van der Waals surface area contributed by atoms with Gasteiger partial charge in [0.25, 0.3) is 0 Å². The zero-order valence-corrected chi connectivity index (χ0v) is 9.87. The summed E-state index contributed by atoms with van der Waals surface area (Å²) < 4.78 is 7.63. The highest BCUT2D eigenvalue weighted by molar-refractivity contribution is 5.63. The number of para-hydroxylation sites is 1. The third-order valence-corrected chi connectivity index (χ3v) is 2.60. The molecule has 0 amide bonds. The molecule has 0 spiro atoms. The van der Waals surface area contributed by atoms with E-state index in [2.05, 4.69) is 15.3 Å². The van der Waals surface area contributed by atoms with Crippen LogP contribution in [0.3, 0.4) is 0 Å². The van der Waals surface area contributed by atoms with E-state index in [0.717, 1.165) is 17.2 Å². The lowest BCUT2D eigenvalue weighted by molar-refractivity contribution is 0.458. The number of ether oxygens (including phenoxy) is 1. The van der Waals surface area contributed by atoms with Gasteiger partial charge in [-0.15, -0.1) is 0 Å². The molecule has 3 aromatic rings. The van der Waals surface area contributed by atoms with E-state index in [9.17, 15) is 0 Å². The van der Waals surface area contributed by atoms with E-state index in [1.165, 1.54) is 0 Å². The molecule has 0 saturated heterocycles. The van der Waals surface area contributed by atoms with Crippen LogP contribution in [0.5, 0.6) is 11.6 Å². The number of anilines is 1. The number of nitrogens with zero attached hydrogens (tertiary/aromatic N) is 3. The minimum atomic E-state index is 0.662. The second-order valence-corrected chi connectivity index (χ2v) is 3.73. The van der Waals surface area contributed by atoms with Gasteiger partial charge in [0.05, 0.1) is 6.20 Å². The topological polar surface area (TPSA) is 51.5 Å². The highest BCUT2D eigenvalue weighted by atomic mass is 16.5. The lowest BCUT2D eigenvalue weighted by Gasteiger charge is -2.05. The Hall–Kier alpha value is -2.56. The normalized spacial score (nSPS) is 10.5. The maximum absolute atomic E-state index is 5.78. The predicted octanol–water partition coefficient (Wildman–Crippen LogP) is 2.56. The van der Waals surface area contributed by atoms with Gasteiger partial charge in [-0.05, 0) is 12.1 Å². The Morgan fingerprint density at radius 2 is 2.00 bits per heavy atom. The van der Waals surface area contributed by atoms with Crippen LogP contribution >= 0.6 is 0 Å². The van der Waals surface area contributed by atoms with Gasteiger partial charge in [-0.2, -0.15) is 0 Å². The van der Waals surface area contributed by atoms with Crippen LogP contribution in [0.25, 0.3) is 5.65 Å². The third-order valence-electron chi connectivity index (χ3n) is 2.60. The Morgan fingerprint density at radius 3 is 2.78 bits per heavy atom. The smallest absolute Gasteiger partial charge is 0.224 e. The average molecular weight is 240 g/mol. The molecule has 3 rings (SSSR count). The summed E-state index contributed by atoms with van der Waals surface area (Å²) in [4.78, 5) is 8.49. The Kier molecular flexibility index (Phi) is 2.57. The minimum absolute atomic E-state index is 0.662. The third kappa shape index (κ3) is 1.75. The molecule has 5 heteroatoms. The van der Waals surface area contributed by atoms with Gasteiger partial charge in [0, 0.05) is 19.4 Å². The van der Waals surface area contributed by atoms with Crippen molar-refractivity contribution < 1.29 is 4.74 Å². The van der Waals surface area contributed by atoms with Gasteiger partial charge in [0.2, 0.25) is 5.88 Å². The predicted molar refractivity (Wildman–Crippen MR) is 69.0 cm³/mol. The second-order valence-electron chi connectivity index (χ2n) is 3.73. The molecule has 2 aromatic heterocycles. The van der Waals surface area contributed by atoms with Gasteiger partial charge in [0.1, 0.15) is 5.75 Å². The molecule has 0 radical (unpaired) electrons. The molecule has 5 nitrogen and oxygen atoms in total. The highest BCUT2D eigenvalue weighted by Crippen LogP contribution is 2.23. The fourth-order valence-electron chi connectivity index (χ4n) is 1.76. The zero-order chi connectivity index (χ0) is 12.4.